The minimum Gasteiger partial charge on any atom is -0.496 e. The van der Waals surface area contributed by atoms with Crippen LogP contribution in [0.25, 0.3) is 98.7 Å². The lowest BCUT2D eigenvalue weighted by Gasteiger charge is -2.29. The van der Waals surface area contributed by atoms with Gasteiger partial charge in [0.1, 0.15) is 5.75 Å². The summed E-state index contributed by atoms with van der Waals surface area (Å²) in [5.41, 5.74) is 15.9. The van der Waals surface area contributed by atoms with Crippen molar-refractivity contribution in [1.82, 2.24) is 13.7 Å². The minimum atomic E-state index is -0.334. The average molecular weight is 1160 g/mol. The summed E-state index contributed by atoms with van der Waals surface area (Å²) in [5.74, 6) is 0.283. The molecule has 444 valence electrons. The van der Waals surface area contributed by atoms with Crippen LogP contribution in [0.1, 0.15) is 127 Å². The third-order valence-corrected chi connectivity index (χ3v) is 17.8. The number of benzene rings is 11. The summed E-state index contributed by atoms with van der Waals surface area (Å²) in [6.07, 6.45) is 2.78. The van der Waals surface area contributed by atoms with Gasteiger partial charge < -0.3 is 18.4 Å². The summed E-state index contributed by atoms with van der Waals surface area (Å²) in [6.45, 7) is 4.65. The van der Waals surface area contributed by atoms with Crippen LogP contribution in [0, 0.1) is 0 Å². The Morgan fingerprint density at radius 1 is 0.386 bits per heavy atom. The Kier molecular flexibility index (Phi) is 17.9. The molecule has 3 unspecified atom stereocenters. The first kappa shape index (κ1) is 62.5. The number of amides is 2. The van der Waals surface area contributed by atoms with Gasteiger partial charge in [-0.1, -0.05) is 204 Å². The highest BCUT2D eigenvalue weighted by atomic mass is 16.5. The van der Waals surface area contributed by atoms with Crippen molar-refractivity contribution in [1.29, 1.82) is 0 Å². The molecule has 2 amide bonds. The minimum absolute atomic E-state index is 0. The fourth-order valence-electron chi connectivity index (χ4n) is 13.8. The smallest absolute Gasteiger partial charge is 0.265 e. The van der Waals surface area contributed by atoms with E-state index in [9.17, 15) is 9.59 Å². The van der Waals surface area contributed by atoms with E-state index in [4.69, 9.17) is 4.74 Å². The highest BCUT2D eigenvalue weighted by molar-refractivity contribution is 6.36. The molecule has 11 aromatic carbocycles. The molecule has 0 spiro atoms. The number of para-hydroxylation sites is 5. The first-order valence-corrected chi connectivity index (χ1v) is 28.6. The molecule has 0 N–H and O–H groups in total. The number of rotatable bonds is 13. The highest BCUT2D eigenvalue weighted by Crippen LogP contribution is 2.44. The molecule has 0 saturated heterocycles. The predicted octanol–water partition coefficient (Wildman–Crippen LogP) is 22.8. The lowest BCUT2D eigenvalue weighted by atomic mass is 9.81. The van der Waals surface area contributed by atoms with E-state index in [2.05, 4.69) is 228 Å². The SMILES string of the molecule is C.C.C.C.C.C.CCC(CC(CC(C)c1ccc(N2C(=O)c3cccc4c(OC)ccc(c34)C2=O)cc1)c1ccc2c(c1)c1ccccc1n2-c1ccc(-c2ccc(-n3c4ccccc4c4ccccc43)cc2)cc1)n1c2ccccc2c2ccccc21. The molecule has 0 aliphatic carbocycles. The fourth-order valence-corrected chi connectivity index (χ4v) is 13.8. The fraction of sp³-hybridized carbons (Fsp3) is 0.185. The van der Waals surface area contributed by atoms with E-state index in [1.807, 2.05) is 30.3 Å². The summed E-state index contributed by atoms with van der Waals surface area (Å²) in [4.78, 5) is 29.7. The zero-order chi connectivity index (χ0) is 55.2. The number of methoxy groups -OCH3 is 1. The Morgan fingerprint density at radius 2 is 0.795 bits per heavy atom. The number of imide groups is 1. The molecule has 4 heterocycles. The van der Waals surface area contributed by atoms with Crippen LogP contribution in [0.15, 0.2) is 243 Å². The number of aromatic nitrogens is 3. The van der Waals surface area contributed by atoms with E-state index < -0.39 is 0 Å². The van der Waals surface area contributed by atoms with Crippen molar-refractivity contribution < 1.29 is 14.3 Å². The van der Waals surface area contributed by atoms with Gasteiger partial charge in [0.2, 0.25) is 0 Å². The molecule has 14 aromatic rings. The van der Waals surface area contributed by atoms with Crippen LogP contribution in [0.2, 0.25) is 0 Å². The topological polar surface area (TPSA) is 61.4 Å². The molecule has 3 atom stereocenters. The molecule has 15 rings (SSSR count). The van der Waals surface area contributed by atoms with Crippen molar-refractivity contribution in [3.63, 3.8) is 0 Å². The average Bonchev–Trinajstić information content (AvgIpc) is 1.08. The zero-order valence-electron chi connectivity index (χ0n) is 46.0. The van der Waals surface area contributed by atoms with Crippen LogP contribution in [-0.2, 0) is 0 Å². The zero-order valence-corrected chi connectivity index (χ0v) is 46.0. The van der Waals surface area contributed by atoms with Gasteiger partial charge in [0.15, 0.2) is 0 Å². The molecular formula is C81H82N4O3. The van der Waals surface area contributed by atoms with Gasteiger partial charge in [-0.15, -0.1) is 0 Å². The second-order valence-corrected chi connectivity index (χ2v) is 22.2. The molecule has 0 saturated carbocycles. The van der Waals surface area contributed by atoms with Gasteiger partial charge >= 0.3 is 0 Å². The second kappa shape index (κ2) is 25.2. The standard InChI is InChI=1S/C75H58N4O3.6CH4/c1-4-53(76-66-23-10-5-16-57(66)58-17-6-11-24-67(58)76)45-52(44-47(2)48-28-35-56(36-29-48)79-74(80)63-22-15-21-62-72(82-3)43-41-64(73(62)63)75(79)81)51-34-42-71-65(46-51)61-20-9-14-27-70(61)78(71)55-39-32-50(33-40-55)49-30-37-54(38-31-49)77-68-25-12-7-18-59(68)60-19-8-13-26-69(60)77;;;;;;/h5-43,46-47,52-53H,4,44-45H2,1-3H3;6*1H4. The summed E-state index contributed by atoms with van der Waals surface area (Å²) in [5, 5.41) is 8.93. The quantitative estimate of drug-likeness (QED) is 0.108. The van der Waals surface area contributed by atoms with Crippen LogP contribution in [-0.4, -0.2) is 32.6 Å². The van der Waals surface area contributed by atoms with E-state index in [1.165, 1.54) is 87.0 Å². The number of carbonyl (C=O) groups is 2. The van der Waals surface area contributed by atoms with Crippen molar-refractivity contribution in [2.45, 2.75) is 95.5 Å². The highest BCUT2D eigenvalue weighted by Gasteiger charge is 2.35. The van der Waals surface area contributed by atoms with Crippen LogP contribution < -0.4 is 9.64 Å². The van der Waals surface area contributed by atoms with Crippen molar-refractivity contribution in [2.75, 3.05) is 12.0 Å². The number of hydrogen-bond acceptors (Lipinski definition) is 3. The number of nitrogens with zero attached hydrogens (tertiary/aromatic N) is 4. The molecular weight excluding hydrogens is 1080 g/mol. The molecule has 0 radical (unpaired) electrons. The number of hydrogen-bond donors (Lipinski definition) is 0. The molecule has 7 heteroatoms. The van der Waals surface area contributed by atoms with E-state index in [0.29, 0.717) is 28.0 Å². The summed E-state index contributed by atoms with van der Waals surface area (Å²) < 4.78 is 13.0. The number of carbonyl (C=O) groups excluding carboxylic acids is 2. The first-order chi connectivity index (χ1) is 40.3. The van der Waals surface area contributed by atoms with E-state index in [1.54, 1.807) is 19.2 Å². The van der Waals surface area contributed by atoms with Crippen LogP contribution in [0.5, 0.6) is 5.75 Å². The van der Waals surface area contributed by atoms with Gasteiger partial charge in [-0.25, -0.2) is 4.90 Å². The van der Waals surface area contributed by atoms with Gasteiger partial charge in [-0.3, -0.25) is 9.59 Å². The third-order valence-electron chi connectivity index (χ3n) is 17.8. The van der Waals surface area contributed by atoms with E-state index >= 15 is 0 Å². The summed E-state index contributed by atoms with van der Waals surface area (Å²) >= 11 is 0. The van der Waals surface area contributed by atoms with Crippen LogP contribution >= 0.6 is 0 Å². The molecule has 7 nitrogen and oxygen atoms in total. The molecule has 1 aliphatic heterocycles. The maximum absolute atomic E-state index is 14.2. The third kappa shape index (κ3) is 9.98. The molecule has 0 fully saturated rings. The van der Waals surface area contributed by atoms with Crippen molar-refractivity contribution in [3.8, 4) is 28.3 Å². The Labute approximate surface area is 519 Å². The van der Waals surface area contributed by atoms with Gasteiger partial charge in [0.25, 0.3) is 11.8 Å². The largest absolute Gasteiger partial charge is 0.496 e. The molecule has 1 aliphatic rings. The Bertz CT molecular complexity index is 4720. The summed E-state index contributed by atoms with van der Waals surface area (Å²) in [6, 6.07) is 86.5. The number of anilines is 1. The maximum atomic E-state index is 14.2. The Balaban J connectivity index is 0.00000154. The Morgan fingerprint density at radius 3 is 1.28 bits per heavy atom. The van der Waals surface area contributed by atoms with Crippen LogP contribution in [0.4, 0.5) is 5.69 Å². The van der Waals surface area contributed by atoms with Crippen molar-refractivity contribution in [2.24, 2.45) is 0 Å². The number of fused-ring (bicyclic) bond motifs is 9. The van der Waals surface area contributed by atoms with Crippen molar-refractivity contribution >= 4 is 93.7 Å². The van der Waals surface area contributed by atoms with Gasteiger partial charge in [0.05, 0.1) is 34.9 Å². The summed E-state index contributed by atoms with van der Waals surface area (Å²) in [7, 11) is 1.61. The first-order valence-electron chi connectivity index (χ1n) is 28.6. The molecule has 88 heavy (non-hydrogen) atoms. The lowest BCUT2D eigenvalue weighted by molar-refractivity contribution is 0.0893. The van der Waals surface area contributed by atoms with Gasteiger partial charge in [0, 0.05) is 82.7 Å². The monoisotopic (exact) mass is 1160 g/mol. The van der Waals surface area contributed by atoms with E-state index in [-0.39, 0.29) is 74.3 Å². The van der Waals surface area contributed by atoms with E-state index in [0.717, 1.165) is 41.6 Å². The second-order valence-electron chi connectivity index (χ2n) is 22.2. The van der Waals surface area contributed by atoms with Crippen LogP contribution in [0.3, 0.4) is 0 Å². The lowest BCUT2D eigenvalue weighted by Crippen LogP contribution is -2.40. The maximum Gasteiger partial charge on any atom is 0.265 e. The predicted molar refractivity (Wildman–Crippen MR) is 378 cm³/mol. The van der Waals surface area contributed by atoms with Gasteiger partial charge in [-0.2, -0.15) is 0 Å². The van der Waals surface area contributed by atoms with Gasteiger partial charge in [-0.05, 0) is 150 Å². The Hall–Kier alpha value is -9.98. The number of ether oxygens (including phenoxy) is 1. The van der Waals surface area contributed by atoms with Crippen molar-refractivity contribution in [3.05, 3.63) is 265 Å². The molecule has 0 bridgehead atoms. The molecule has 3 aromatic heterocycles. The normalized spacial score (nSPS) is 12.9.